The van der Waals surface area contributed by atoms with Crippen LogP contribution in [0.4, 0.5) is 0 Å². The average molecular weight is 283 g/mol. The highest BCUT2D eigenvalue weighted by molar-refractivity contribution is 5.86. The van der Waals surface area contributed by atoms with Crippen molar-refractivity contribution in [3.8, 4) is 0 Å². The molecule has 1 aliphatic rings. The molecule has 2 rings (SSSR count). The summed E-state index contributed by atoms with van der Waals surface area (Å²) in [5.74, 6) is -1.36. The molecule has 1 aliphatic heterocycles. The zero-order valence-electron chi connectivity index (χ0n) is 11.2. The van der Waals surface area contributed by atoms with Crippen molar-refractivity contribution < 1.29 is 19.4 Å². The minimum absolute atomic E-state index is 0.00740. The fourth-order valence-electron chi connectivity index (χ4n) is 2.10. The molecule has 1 amide bonds. The maximum atomic E-state index is 12.2. The van der Waals surface area contributed by atoms with Crippen LogP contribution in [0.5, 0.6) is 0 Å². The molecule has 0 aromatic carbocycles. The van der Waals surface area contributed by atoms with Gasteiger partial charge in [-0.15, -0.1) is 5.10 Å². The van der Waals surface area contributed by atoms with E-state index < -0.39 is 5.97 Å². The van der Waals surface area contributed by atoms with Gasteiger partial charge in [-0.1, -0.05) is 5.21 Å². The lowest BCUT2D eigenvalue weighted by atomic mass is 10.3. The molecule has 110 valence electrons. The standard InChI is InChI=1S/C11H17N5O4/c1-7-5-15(2-3-20-7)9(17)6-16-8(4-12)10(11(18)19)13-14-16/h7H,2-6,12H2,1H3,(H,18,19). The normalized spacial score (nSPS) is 19.1. The van der Waals surface area contributed by atoms with E-state index in [0.29, 0.717) is 19.7 Å². The van der Waals surface area contributed by atoms with Crippen molar-refractivity contribution >= 4 is 11.9 Å². The quantitative estimate of drug-likeness (QED) is 0.702. The van der Waals surface area contributed by atoms with Gasteiger partial charge in [-0.25, -0.2) is 9.48 Å². The van der Waals surface area contributed by atoms with Crippen LogP contribution < -0.4 is 5.73 Å². The van der Waals surface area contributed by atoms with Crippen LogP contribution in [-0.2, 0) is 22.6 Å². The van der Waals surface area contributed by atoms with Gasteiger partial charge in [-0.3, -0.25) is 4.79 Å². The minimum atomic E-state index is -1.20. The summed E-state index contributed by atoms with van der Waals surface area (Å²) in [5, 5.41) is 16.2. The first-order valence-corrected chi connectivity index (χ1v) is 6.28. The third kappa shape index (κ3) is 2.94. The Morgan fingerprint density at radius 3 is 2.90 bits per heavy atom. The van der Waals surface area contributed by atoms with E-state index in [2.05, 4.69) is 10.3 Å². The maximum absolute atomic E-state index is 12.2. The van der Waals surface area contributed by atoms with Crippen molar-refractivity contribution in [3.63, 3.8) is 0 Å². The first kappa shape index (κ1) is 14.4. The molecule has 3 N–H and O–H groups in total. The number of nitrogens with zero attached hydrogens (tertiary/aromatic N) is 4. The van der Waals surface area contributed by atoms with Crippen LogP contribution in [0.15, 0.2) is 0 Å². The molecule has 0 aliphatic carbocycles. The van der Waals surface area contributed by atoms with Crippen LogP contribution >= 0.6 is 0 Å². The average Bonchev–Trinajstić information content (AvgIpc) is 2.81. The summed E-state index contributed by atoms with van der Waals surface area (Å²) in [6.07, 6.45) is -0.00740. The highest BCUT2D eigenvalue weighted by Gasteiger charge is 2.24. The largest absolute Gasteiger partial charge is 0.476 e. The minimum Gasteiger partial charge on any atom is -0.476 e. The molecule has 1 saturated heterocycles. The number of hydrogen-bond donors (Lipinski definition) is 2. The second-order valence-electron chi connectivity index (χ2n) is 4.57. The molecule has 0 saturated carbocycles. The molecule has 2 heterocycles. The molecular weight excluding hydrogens is 266 g/mol. The molecule has 9 nitrogen and oxygen atoms in total. The van der Waals surface area contributed by atoms with Crippen LogP contribution in [0.1, 0.15) is 23.1 Å². The molecule has 20 heavy (non-hydrogen) atoms. The fraction of sp³-hybridized carbons (Fsp3) is 0.636. The lowest BCUT2D eigenvalue weighted by Gasteiger charge is -2.31. The van der Waals surface area contributed by atoms with E-state index in [9.17, 15) is 9.59 Å². The zero-order valence-corrected chi connectivity index (χ0v) is 11.2. The molecule has 9 heteroatoms. The van der Waals surface area contributed by atoms with E-state index in [-0.39, 0.29) is 36.5 Å². The summed E-state index contributed by atoms with van der Waals surface area (Å²) in [6.45, 7) is 3.30. The zero-order chi connectivity index (χ0) is 14.7. The monoisotopic (exact) mass is 283 g/mol. The smallest absolute Gasteiger partial charge is 0.358 e. The number of nitrogens with two attached hydrogens (primary N) is 1. The van der Waals surface area contributed by atoms with Crippen molar-refractivity contribution in [2.75, 3.05) is 19.7 Å². The maximum Gasteiger partial charge on any atom is 0.358 e. The predicted molar refractivity (Wildman–Crippen MR) is 66.9 cm³/mol. The van der Waals surface area contributed by atoms with Gasteiger partial charge in [0.2, 0.25) is 5.91 Å². The molecule has 1 fully saturated rings. The van der Waals surface area contributed by atoms with Gasteiger partial charge in [0.1, 0.15) is 6.54 Å². The van der Waals surface area contributed by atoms with Gasteiger partial charge in [0, 0.05) is 19.6 Å². The van der Waals surface area contributed by atoms with Gasteiger partial charge in [-0.05, 0) is 6.92 Å². The first-order valence-electron chi connectivity index (χ1n) is 6.28. The van der Waals surface area contributed by atoms with Gasteiger partial charge in [0.15, 0.2) is 5.69 Å². The predicted octanol–water partition coefficient (Wildman–Crippen LogP) is -1.32. The molecule has 0 radical (unpaired) electrons. The van der Waals surface area contributed by atoms with Crippen LogP contribution in [0.25, 0.3) is 0 Å². The van der Waals surface area contributed by atoms with Crippen molar-refractivity contribution in [1.82, 2.24) is 19.9 Å². The Labute approximate surface area is 115 Å². The Balaban J connectivity index is 2.09. The van der Waals surface area contributed by atoms with Gasteiger partial charge < -0.3 is 20.5 Å². The highest BCUT2D eigenvalue weighted by atomic mass is 16.5. The number of amides is 1. The Kier molecular flexibility index (Phi) is 4.30. The molecule has 1 aromatic heterocycles. The van der Waals surface area contributed by atoms with E-state index in [1.165, 1.54) is 4.68 Å². The van der Waals surface area contributed by atoms with Crippen LogP contribution in [0.2, 0.25) is 0 Å². The van der Waals surface area contributed by atoms with Gasteiger partial charge in [0.05, 0.1) is 18.4 Å². The van der Waals surface area contributed by atoms with E-state index in [1.807, 2.05) is 6.92 Å². The van der Waals surface area contributed by atoms with Crippen LogP contribution in [0.3, 0.4) is 0 Å². The van der Waals surface area contributed by atoms with Crippen molar-refractivity contribution in [1.29, 1.82) is 0 Å². The number of rotatable bonds is 4. The summed E-state index contributed by atoms with van der Waals surface area (Å²) in [5.41, 5.74) is 5.53. The number of carboxylic acid groups (broad SMARTS) is 1. The second kappa shape index (κ2) is 5.97. The third-order valence-electron chi connectivity index (χ3n) is 3.11. The van der Waals surface area contributed by atoms with Crippen LogP contribution in [0, 0.1) is 0 Å². The number of morpholine rings is 1. The first-order chi connectivity index (χ1) is 9.52. The Hall–Kier alpha value is -2.00. The summed E-state index contributed by atoms with van der Waals surface area (Å²) < 4.78 is 6.60. The number of ether oxygens (including phenoxy) is 1. The molecule has 1 atom stereocenters. The SMILES string of the molecule is CC1CN(C(=O)Cn2nnc(C(=O)O)c2CN)CCO1. The summed E-state index contributed by atoms with van der Waals surface area (Å²) in [6, 6.07) is 0. The summed E-state index contributed by atoms with van der Waals surface area (Å²) >= 11 is 0. The number of carbonyl (C=O) groups excluding carboxylic acids is 1. The lowest BCUT2D eigenvalue weighted by Crippen LogP contribution is -2.46. The Morgan fingerprint density at radius 2 is 2.30 bits per heavy atom. The number of carbonyl (C=O) groups is 2. The Bertz CT molecular complexity index is 515. The van der Waals surface area contributed by atoms with Crippen molar-refractivity contribution in [2.24, 2.45) is 5.73 Å². The molecule has 0 spiro atoms. The van der Waals surface area contributed by atoms with Gasteiger partial charge >= 0.3 is 5.97 Å². The molecule has 1 unspecified atom stereocenters. The third-order valence-corrected chi connectivity index (χ3v) is 3.11. The Morgan fingerprint density at radius 1 is 1.55 bits per heavy atom. The van der Waals surface area contributed by atoms with Crippen LogP contribution in [-0.4, -0.2) is 62.7 Å². The molecule has 0 bridgehead atoms. The lowest BCUT2D eigenvalue weighted by molar-refractivity contribution is -0.139. The van der Waals surface area contributed by atoms with E-state index in [1.54, 1.807) is 4.90 Å². The second-order valence-corrected chi connectivity index (χ2v) is 4.57. The van der Waals surface area contributed by atoms with E-state index in [4.69, 9.17) is 15.6 Å². The number of aromatic carboxylic acids is 1. The summed E-state index contributed by atoms with van der Waals surface area (Å²) in [4.78, 5) is 24.8. The van der Waals surface area contributed by atoms with E-state index in [0.717, 1.165) is 0 Å². The number of aromatic nitrogens is 3. The van der Waals surface area contributed by atoms with Gasteiger partial charge in [0.25, 0.3) is 0 Å². The number of carboxylic acids is 1. The molecule has 1 aromatic rings. The van der Waals surface area contributed by atoms with Crippen molar-refractivity contribution in [2.45, 2.75) is 26.1 Å². The fourth-order valence-corrected chi connectivity index (χ4v) is 2.10. The number of hydrogen-bond acceptors (Lipinski definition) is 6. The van der Waals surface area contributed by atoms with E-state index >= 15 is 0 Å². The van der Waals surface area contributed by atoms with Gasteiger partial charge in [-0.2, -0.15) is 0 Å². The van der Waals surface area contributed by atoms with Crippen molar-refractivity contribution in [3.05, 3.63) is 11.4 Å². The topological polar surface area (TPSA) is 124 Å². The summed E-state index contributed by atoms with van der Waals surface area (Å²) in [7, 11) is 0. The highest BCUT2D eigenvalue weighted by Crippen LogP contribution is 2.08. The molecular formula is C11H17N5O4.